The average molecular weight is 419 g/mol. The van der Waals surface area contributed by atoms with Crippen LogP contribution in [0.2, 0.25) is 0 Å². The molecule has 0 saturated carbocycles. The number of carbonyl (C=O) groups excluding carboxylic acids is 2. The highest BCUT2D eigenvalue weighted by atomic mass is 79.9. The minimum Gasteiger partial charge on any atom is -0.497 e. The van der Waals surface area contributed by atoms with Crippen LogP contribution in [-0.4, -0.2) is 25.0 Å². The Morgan fingerprint density at radius 1 is 1.08 bits per heavy atom. The van der Waals surface area contributed by atoms with Gasteiger partial charge in [0.15, 0.2) is 0 Å². The number of halogens is 1. The SMILES string of the molecule is COc1ccc(C(=O)NC(C(=O)Nc2ccc(Br)c(C)c2)C(C)C)cc1. The molecule has 2 N–H and O–H groups in total. The Hall–Kier alpha value is -2.34. The van der Waals surface area contributed by atoms with Crippen molar-refractivity contribution < 1.29 is 14.3 Å². The Kier molecular flexibility index (Phi) is 6.80. The molecular weight excluding hydrogens is 396 g/mol. The fraction of sp³-hybridized carbons (Fsp3) is 0.300. The van der Waals surface area contributed by atoms with E-state index in [4.69, 9.17) is 4.74 Å². The van der Waals surface area contributed by atoms with E-state index in [1.165, 1.54) is 0 Å². The second-order valence-corrected chi connectivity index (χ2v) is 7.23. The zero-order valence-electron chi connectivity index (χ0n) is 15.3. The maximum absolute atomic E-state index is 12.7. The van der Waals surface area contributed by atoms with Crippen molar-refractivity contribution in [3.05, 3.63) is 58.1 Å². The van der Waals surface area contributed by atoms with Crippen molar-refractivity contribution in [1.29, 1.82) is 0 Å². The second-order valence-electron chi connectivity index (χ2n) is 6.38. The number of aryl methyl sites for hydroxylation is 1. The van der Waals surface area contributed by atoms with Crippen molar-refractivity contribution in [1.82, 2.24) is 5.32 Å². The van der Waals surface area contributed by atoms with E-state index >= 15 is 0 Å². The summed E-state index contributed by atoms with van der Waals surface area (Å²) < 4.78 is 6.07. The molecule has 0 saturated heterocycles. The number of carbonyl (C=O) groups is 2. The predicted molar refractivity (Wildman–Crippen MR) is 107 cm³/mol. The average Bonchev–Trinajstić information content (AvgIpc) is 2.62. The van der Waals surface area contributed by atoms with Crippen LogP contribution in [0.5, 0.6) is 5.75 Å². The Morgan fingerprint density at radius 3 is 2.27 bits per heavy atom. The third-order valence-corrected chi connectivity index (χ3v) is 4.90. The van der Waals surface area contributed by atoms with Crippen LogP contribution < -0.4 is 15.4 Å². The lowest BCUT2D eigenvalue weighted by atomic mass is 10.0. The molecule has 0 aliphatic carbocycles. The van der Waals surface area contributed by atoms with Crippen molar-refractivity contribution in [2.24, 2.45) is 5.92 Å². The lowest BCUT2D eigenvalue weighted by Gasteiger charge is -2.22. The lowest BCUT2D eigenvalue weighted by molar-refractivity contribution is -0.118. The minimum atomic E-state index is -0.645. The lowest BCUT2D eigenvalue weighted by Crippen LogP contribution is -2.47. The van der Waals surface area contributed by atoms with Crippen LogP contribution in [0.3, 0.4) is 0 Å². The number of rotatable bonds is 6. The maximum Gasteiger partial charge on any atom is 0.251 e. The van der Waals surface area contributed by atoms with E-state index in [1.54, 1.807) is 31.4 Å². The topological polar surface area (TPSA) is 67.4 Å². The molecule has 0 radical (unpaired) electrons. The number of nitrogens with one attached hydrogen (secondary N) is 2. The van der Waals surface area contributed by atoms with Crippen molar-refractivity contribution in [2.45, 2.75) is 26.8 Å². The molecule has 2 amide bonds. The van der Waals surface area contributed by atoms with Gasteiger partial charge in [0.1, 0.15) is 11.8 Å². The molecule has 0 spiro atoms. The van der Waals surface area contributed by atoms with E-state index < -0.39 is 6.04 Å². The van der Waals surface area contributed by atoms with Gasteiger partial charge in [-0.3, -0.25) is 9.59 Å². The van der Waals surface area contributed by atoms with Gasteiger partial charge in [0.25, 0.3) is 5.91 Å². The van der Waals surface area contributed by atoms with Crippen molar-refractivity contribution >= 4 is 33.4 Å². The van der Waals surface area contributed by atoms with Gasteiger partial charge in [-0.05, 0) is 60.9 Å². The number of anilines is 1. The molecule has 0 fully saturated rings. The normalized spacial score (nSPS) is 11.8. The number of amides is 2. The predicted octanol–water partition coefficient (Wildman–Crippen LogP) is 4.16. The molecule has 0 heterocycles. The molecule has 0 aliphatic heterocycles. The molecule has 0 aliphatic rings. The molecule has 2 rings (SSSR count). The van der Waals surface area contributed by atoms with Gasteiger partial charge < -0.3 is 15.4 Å². The molecular formula is C20H23BrN2O3. The summed E-state index contributed by atoms with van der Waals surface area (Å²) in [5.74, 6) is 0.0659. The van der Waals surface area contributed by atoms with E-state index in [-0.39, 0.29) is 17.7 Å². The van der Waals surface area contributed by atoms with E-state index in [0.29, 0.717) is 17.0 Å². The molecule has 5 nitrogen and oxygen atoms in total. The van der Waals surface area contributed by atoms with Gasteiger partial charge in [-0.2, -0.15) is 0 Å². The molecule has 138 valence electrons. The van der Waals surface area contributed by atoms with E-state index in [1.807, 2.05) is 39.0 Å². The van der Waals surface area contributed by atoms with Crippen LogP contribution in [0.15, 0.2) is 46.9 Å². The Balaban J connectivity index is 2.10. The first-order valence-electron chi connectivity index (χ1n) is 8.33. The number of benzene rings is 2. The zero-order valence-corrected chi connectivity index (χ0v) is 16.9. The van der Waals surface area contributed by atoms with Crippen LogP contribution in [0.4, 0.5) is 5.69 Å². The number of hydrogen-bond donors (Lipinski definition) is 2. The monoisotopic (exact) mass is 418 g/mol. The van der Waals surface area contributed by atoms with Crippen molar-refractivity contribution in [3.63, 3.8) is 0 Å². The molecule has 0 aromatic heterocycles. The summed E-state index contributed by atoms with van der Waals surface area (Å²) in [6.07, 6.45) is 0. The molecule has 2 aromatic carbocycles. The Labute approximate surface area is 162 Å². The quantitative estimate of drug-likeness (QED) is 0.739. The summed E-state index contributed by atoms with van der Waals surface area (Å²) in [5.41, 5.74) is 2.19. The van der Waals surface area contributed by atoms with Crippen LogP contribution >= 0.6 is 15.9 Å². The van der Waals surface area contributed by atoms with Crippen LogP contribution in [-0.2, 0) is 4.79 Å². The highest BCUT2D eigenvalue weighted by Crippen LogP contribution is 2.20. The van der Waals surface area contributed by atoms with Gasteiger partial charge in [0, 0.05) is 15.7 Å². The molecule has 1 unspecified atom stereocenters. The van der Waals surface area contributed by atoms with Gasteiger partial charge >= 0.3 is 0 Å². The minimum absolute atomic E-state index is 0.0613. The number of hydrogen-bond acceptors (Lipinski definition) is 3. The van der Waals surface area contributed by atoms with Crippen molar-refractivity contribution in [3.8, 4) is 5.75 Å². The summed E-state index contributed by atoms with van der Waals surface area (Å²) in [7, 11) is 1.57. The van der Waals surface area contributed by atoms with E-state index in [2.05, 4.69) is 26.6 Å². The first-order valence-corrected chi connectivity index (χ1v) is 9.13. The third kappa shape index (κ3) is 5.08. The van der Waals surface area contributed by atoms with Gasteiger partial charge in [-0.25, -0.2) is 0 Å². The van der Waals surface area contributed by atoms with Crippen LogP contribution in [0, 0.1) is 12.8 Å². The van der Waals surface area contributed by atoms with Crippen molar-refractivity contribution in [2.75, 3.05) is 12.4 Å². The standard InChI is InChI=1S/C20H23BrN2O3/c1-12(2)18(20(25)22-15-7-10-17(21)13(3)11-15)23-19(24)14-5-8-16(26-4)9-6-14/h5-12,18H,1-4H3,(H,22,25)(H,23,24). The molecule has 0 bridgehead atoms. The molecule has 2 aromatic rings. The van der Waals surface area contributed by atoms with Gasteiger partial charge in [0.2, 0.25) is 5.91 Å². The maximum atomic E-state index is 12.7. The van der Waals surface area contributed by atoms with E-state index in [9.17, 15) is 9.59 Å². The first-order chi connectivity index (χ1) is 12.3. The summed E-state index contributed by atoms with van der Waals surface area (Å²) >= 11 is 3.44. The summed E-state index contributed by atoms with van der Waals surface area (Å²) in [6.45, 7) is 5.74. The molecule has 6 heteroatoms. The van der Waals surface area contributed by atoms with Crippen LogP contribution in [0.25, 0.3) is 0 Å². The van der Waals surface area contributed by atoms with Gasteiger partial charge in [0.05, 0.1) is 7.11 Å². The second kappa shape index (κ2) is 8.85. The summed E-state index contributed by atoms with van der Waals surface area (Å²) in [6, 6.07) is 11.7. The van der Waals surface area contributed by atoms with Gasteiger partial charge in [-0.15, -0.1) is 0 Å². The smallest absolute Gasteiger partial charge is 0.251 e. The number of methoxy groups -OCH3 is 1. The molecule has 1 atom stereocenters. The fourth-order valence-electron chi connectivity index (χ4n) is 2.44. The van der Waals surface area contributed by atoms with E-state index in [0.717, 1.165) is 10.0 Å². The fourth-order valence-corrected chi connectivity index (χ4v) is 2.69. The highest BCUT2D eigenvalue weighted by Gasteiger charge is 2.25. The Bertz CT molecular complexity index is 788. The van der Waals surface area contributed by atoms with Gasteiger partial charge in [-0.1, -0.05) is 29.8 Å². The first kappa shape index (κ1) is 20.0. The highest BCUT2D eigenvalue weighted by molar-refractivity contribution is 9.10. The summed E-state index contributed by atoms with van der Waals surface area (Å²) in [4.78, 5) is 25.1. The molecule has 26 heavy (non-hydrogen) atoms. The van der Waals surface area contributed by atoms with Crippen LogP contribution in [0.1, 0.15) is 29.8 Å². The number of ether oxygens (including phenoxy) is 1. The summed E-state index contributed by atoms with van der Waals surface area (Å²) in [5, 5.41) is 5.69. The Morgan fingerprint density at radius 2 is 1.73 bits per heavy atom. The largest absolute Gasteiger partial charge is 0.497 e. The zero-order chi connectivity index (χ0) is 19.3. The third-order valence-electron chi connectivity index (χ3n) is 4.01.